The largest absolute Gasteiger partial charge is 0.462 e. The van der Waals surface area contributed by atoms with Gasteiger partial charge < -0.3 is 14.2 Å². The van der Waals surface area contributed by atoms with Crippen LogP contribution in [0, 0.1) is 0 Å². The first kappa shape index (κ1) is 64.1. The molecule has 0 fully saturated rings. The number of ether oxygens (including phenoxy) is 3. The fourth-order valence-electron chi connectivity index (χ4n) is 7.40. The summed E-state index contributed by atoms with van der Waals surface area (Å²) in [6.45, 7) is 6.31. The van der Waals surface area contributed by atoms with E-state index < -0.39 is 6.10 Å². The predicted molar refractivity (Wildman–Crippen MR) is 293 cm³/mol. The van der Waals surface area contributed by atoms with Gasteiger partial charge >= 0.3 is 17.9 Å². The number of carbonyl (C=O) groups excluding carboxylic acids is 3. The van der Waals surface area contributed by atoms with Crippen LogP contribution >= 0.6 is 0 Å². The average Bonchev–Trinajstić information content (AvgIpc) is 3.34. The van der Waals surface area contributed by atoms with E-state index in [9.17, 15) is 14.4 Å². The fraction of sp³-hybridized carbons (Fsp3) is 0.661. The zero-order chi connectivity index (χ0) is 49.3. The molecule has 0 aromatic heterocycles. The molecular weight excluding hydrogens is 841 g/mol. The van der Waals surface area contributed by atoms with Crippen molar-refractivity contribution in [1.29, 1.82) is 0 Å². The van der Waals surface area contributed by atoms with E-state index in [2.05, 4.69) is 130 Å². The number of hydrogen-bond acceptors (Lipinski definition) is 6. The van der Waals surface area contributed by atoms with Gasteiger partial charge in [0.2, 0.25) is 0 Å². The third-order valence-electron chi connectivity index (χ3n) is 11.5. The van der Waals surface area contributed by atoms with Crippen LogP contribution < -0.4 is 0 Å². The van der Waals surface area contributed by atoms with Crippen LogP contribution in [-0.4, -0.2) is 37.2 Å². The number of carbonyl (C=O) groups is 3. The maximum absolute atomic E-state index is 12.7. The third-order valence-corrected chi connectivity index (χ3v) is 11.5. The summed E-state index contributed by atoms with van der Waals surface area (Å²) < 4.78 is 16.7. The van der Waals surface area contributed by atoms with Crippen molar-refractivity contribution in [2.45, 2.75) is 252 Å². The Morgan fingerprint density at radius 3 is 0.926 bits per heavy atom. The quantitative estimate of drug-likeness (QED) is 0.0262. The minimum Gasteiger partial charge on any atom is -0.462 e. The topological polar surface area (TPSA) is 78.9 Å². The van der Waals surface area contributed by atoms with Crippen LogP contribution in [0.4, 0.5) is 0 Å². The van der Waals surface area contributed by atoms with Gasteiger partial charge in [-0.1, -0.05) is 233 Å². The van der Waals surface area contributed by atoms with Crippen molar-refractivity contribution in [3.05, 3.63) is 109 Å². The molecule has 1 unspecified atom stereocenters. The molecule has 0 bridgehead atoms. The average molecular weight is 943 g/mol. The van der Waals surface area contributed by atoms with Crippen molar-refractivity contribution < 1.29 is 28.6 Å². The van der Waals surface area contributed by atoms with Gasteiger partial charge in [0.05, 0.1) is 0 Å². The van der Waals surface area contributed by atoms with E-state index in [0.29, 0.717) is 19.3 Å². The van der Waals surface area contributed by atoms with Crippen molar-refractivity contribution in [3.8, 4) is 0 Å². The van der Waals surface area contributed by atoms with Crippen molar-refractivity contribution in [3.63, 3.8) is 0 Å². The van der Waals surface area contributed by atoms with Crippen LogP contribution in [0.2, 0.25) is 0 Å². The summed E-state index contributed by atoms with van der Waals surface area (Å²) in [6, 6.07) is 0. The summed E-state index contributed by atoms with van der Waals surface area (Å²) in [5, 5.41) is 0. The monoisotopic (exact) mass is 943 g/mol. The molecule has 68 heavy (non-hydrogen) atoms. The Bertz CT molecular complexity index is 1410. The summed E-state index contributed by atoms with van der Waals surface area (Å²) in [4.78, 5) is 37.8. The molecule has 0 spiro atoms. The highest BCUT2D eigenvalue weighted by Gasteiger charge is 2.19. The Morgan fingerprint density at radius 1 is 0.309 bits per heavy atom. The van der Waals surface area contributed by atoms with Crippen LogP contribution in [0.5, 0.6) is 0 Å². The Labute approximate surface area is 419 Å². The van der Waals surface area contributed by atoms with E-state index in [1.807, 2.05) is 0 Å². The van der Waals surface area contributed by atoms with Crippen LogP contribution in [0.3, 0.4) is 0 Å². The molecular formula is C62H102O6. The van der Waals surface area contributed by atoms with E-state index in [1.165, 1.54) is 89.9 Å². The highest BCUT2D eigenvalue weighted by Crippen LogP contribution is 2.15. The molecule has 0 aliphatic carbocycles. The van der Waals surface area contributed by atoms with Crippen LogP contribution in [0.1, 0.15) is 245 Å². The first-order valence-electron chi connectivity index (χ1n) is 27.9. The van der Waals surface area contributed by atoms with Crippen molar-refractivity contribution >= 4 is 17.9 Å². The lowest BCUT2D eigenvalue weighted by atomic mass is 10.0. The molecule has 0 aliphatic rings. The standard InChI is InChI=1S/C62H102O6/c1-4-7-10-13-16-18-20-22-24-25-26-27-28-29-30-31-32-33-34-35-36-37-39-40-42-44-46-49-52-55-61(64)67-58-59(57-66-60(63)54-51-48-15-12-9-6-3)68-62(65)56-53-50-47-45-43-41-38-23-21-19-17-14-11-8-5-2/h7-8,10-11,16-19,22-24,26-27,29-30,38,43,45,59H,4-6,9,12-15,20-21,25,28,31-37,39-42,44,46-58H2,1-3H3/b10-7-,11-8-,18-16-,19-17-,24-22-,27-26-,30-29-,38-23-,45-43-. The molecule has 0 amide bonds. The maximum atomic E-state index is 12.7. The second-order valence-corrected chi connectivity index (χ2v) is 18.1. The SMILES string of the molecule is CC/C=C\C/C=C\C/C=C\C/C=C\C/C=C\CCCCCCCCCCCCCCCC(=O)OCC(COC(=O)CCCCCCCC)OC(=O)CCCC/C=C\C/C=C\C/C=C\C/C=C\CC. The zero-order valence-electron chi connectivity index (χ0n) is 44.1. The van der Waals surface area contributed by atoms with Gasteiger partial charge in [0.15, 0.2) is 6.10 Å². The second kappa shape index (κ2) is 55.7. The van der Waals surface area contributed by atoms with Gasteiger partial charge in [0, 0.05) is 19.3 Å². The highest BCUT2D eigenvalue weighted by atomic mass is 16.6. The Kier molecular flexibility index (Phi) is 52.4. The second-order valence-electron chi connectivity index (χ2n) is 18.1. The van der Waals surface area contributed by atoms with Crippen molar-refractivity contribution in [2.75, 3.05) is 13.2 Å². The van der Waals surface area contributed by atoms with Gasteiger partial charge in [0.1, 0.15) is 13.2 Å². The number of unbranched alkanes of at least 4 members (excludes halogenated alkanes) is 20. The van der Waals surface area contributed by atoms with Gasteiger partial charge in [-0.05, 0) is 103 Å². The Balaban J connectivity index is 4.12. The summed E-state index contributed by atoms with van der Waals surface area (Å²) in [5.74, 6) is -0.950. The van der Waals surface area contributed by atoms with Gasteiger partial charge in [0.25, 0.3) is 0 Å². The van der Waals surface area contributed by atoms with Gasteiger partial charge in [-0.3, -0.25) is 14.4 Å². The molecule has 0 saturated carbocycles. The minimum absolute atomic E-state index is 0.0952. The smallest absolute Gasteiger partial charge is 0.306 e. The van der Waals surface area contributed by atoms with Gasteiger partial charge in [-0.25, -0.2) is 0 Å². The van der Waals surface area contributed by atoms with Gasteiger partial charge in [-0.2, -0.15) is 0 Å². The Morgan fingerprint density at radius 2 is 0.574 bits per heavy atom. The fourth-order valence-corrected chi connectivity index (χ4v) is 7.40. The van der Waals surface area contributed by atoms with E-state index >= 15 is 0 Å². The predicted octanol–water partition coefficient (Wildman–Crippen LogP) is 18.7. The van der Waals surface area contributed by atoms with Crippen LogP contribution in [-0.2, 0) is 28.6 Å². The number of esters is 3. The van der Waals surface area contributed by atoms with E-state index in [0.717, 1.165) is 109 Å². The molecule has 6 heteroatoms. The van der Waals surface area contributed by atoms with E-state index in [4.69, 9.17) is 14.2 Å². The first-order valence-corrected chi connectivity index (χ1v) is 27.9. The third kappa shape index (κ3) is 53.0. The highest BCUT2D eigenvalue weighted by molar-refractivity contribution is 5.71. The molecule has 0 rings (SSSR count). The van der Waals surface area contributed by atoms with Gasteiger partial charge in [-0.15, -0.1) is 0 Å². The van der Waals surface area contributed by atoms with Crippen molar-refractivity contribution in [2.24, 2.45) is 0 Å². The normalized spacial score (nSPS) is 12.9. The minimum atomic E-state index is -0.797. The Hall–Kier alpha value is -3.93. The van der Waals surface area contributed by atoms with Crippen molar-refractivity contribution in [1.82, 2.24) is 0 Å². The lowest BCUT2D eigenvalue weighted by molar-refractivity contribution is -0.167. The summed E-state index contributed by atoms with van der Waals surface area (Å²) in [6.07, 6.45) is 75.5. The molecule has 0 aliphatic heterocycles. The molecule has 0 heterocycles. The molecule has 0 saturated heterocycles. The van der Waals surface area contributed by atoms with Crippen LogP contribution in [0.15, 0.2) is 109 Å². The molecule has 6 nitrogen and oxygen atoms in total. The number of rotatable bonds is 49. The first-order chi connectivity index (χ1) is 33.5. The summed E-state index contributed by atoms with van der Waals surface area (Å²) >= 11 is 0. The lowest BCUT2D eigenvalue weighted by Crippen LogP contribution is -2.30. The van der Waals surface area contributed by atoms with Crippen LogP contribution in [0.25, 0.3) is 0 Å². The van der Waals surface area contributed by atoms with E-state index in [-0.39, 0.29) is 37.5 Å². The summed E-state index contributed by atoms with van der Waals surface area (Å²) in [7, 11) is 0. The number of allylic oxidation sites excluding steroid dienone is 18. The maximum Gasteiger partial charge on any atom is 0.306 e. The summed E-state index contributed by atoms with van der Waals surface area (Å²) in [5.41, 5.74) is 0. The lowest BCUT2D eigenvalue weighted by Gasteiger charge is -2.18. The molecule has 0 aromatic rings. The molecule has 1 atom stereocenters. The number of hydrogen-bond donors (Lipinski definition) is 0. The molecule has 0 radical (unpaired) electrons. The zero-order valence-corrected chi connectivity index (χ0v) is 44.1. The van der Waals surface area contributed by atoms with E-state index in [1.54, 1.807) is 0 Å². The molecule has 0 aromatic carbocycles. The molecule has 0 N–H and O–H groups in total. The molecule has 386 valence electrons.